The highest BCUT2D eigenvalue weighted by Gasteiger charge is 2.13. The van der Waals surface area contributed by atoms with E-state index in [1.165, 1.54) is 12.1 Å². The zero-order valence-electron chi connectivity index (χ0n) is 10.1. The quantitative estimate of drug-likeness (QED) is 0.859. The first kappa shape index (κ1) is 12.6. The predicted molar refractivity (Wildman–Crippen MR) is 67.4 cm³/mol. The van der Waals surface area contributed by atoms with Gasteiger partial charge in [-0.3, -0.25) is 0 Å². The minimum Gasteiger partial charge on any atom is -0.461 e. The van der Waals surface area contributed by atoms with Gasteiger partial charge < -0.3 is 9.72 Å². The van der Waals surface area contributed by atoms with Crippen molar-refractivity contribution in [1.82, 2.24) is 4.98 Å². The van der Waals surface area contributed by atoms with Gasteiger partial charge in [-0.1, -0.05) is 0 Å². The third kappa shape index (κ3) is 2.38. The van der Waals surface area contributed by atoms with Crippen molar-refractivity contribution < 1.29 is 17.9 Å². The molecule has 0 fully saturated rings. The van der Waals surface area contributed by atoms with Gasteiger partial charge in [-0.25, -0.2) is 13.2 Å². The van der Waals surface area contributed by atoms with E-state index in [0.29, 0.717) is 23.2 Å². The van der Waals surface area contributed by atoms with E-state index in [1.807, 2.05) is 0 Å². The lowest BCUT2D eigenvalue weighted by atomic mass is 10.2. The second-order valence-electron chi connectivity index (χ2n) is 3.92. The molecule has 0 saturated heterocycles. The smallest absolute Gasteiger partial charge is 0.354 e. The van der Waals surface area contributed by atoms with Crippen LogP contribution in [-0.2, 0) is 14.6 Å². The van der Waals surface area contributed by atoms with E-state index in [1.54, 1.807) is 19.1 Å². The summed E-state index contributed by atoms with van der Waals surface area (Å²) in [6, 6.07) is 6.25. The van der Waals surface area contributed by atoms with Gasteiger partial charge >= 0.3 is 5.97 Å². The molecule has 2 aromatic rings. The lowest BCUT2D eigenvalue weighted by Crippen LogP contribution is -2.04. The Morgan fingerprint density at radius 3 is 2.67 bits per heavy atom. The number of rotatable bonds is 3. The van der Waals surface area contributed by atoms with Crippen molar-refractivity contribution in [2.45, 2.75) is 11.8 Å². The fraction of sp³-hybridized carbons (Fsp3) is 0.250. The Bertz CT molecular complexity index is 700. The van der Waals surface area contributed by atoms with Crippen molar-refractivity contribution in [2.75, 3.05) is 12.9 Å². The molecule has 0 aliphatic carbocycles. The standard InChI is InChI=1S/C12H13NO4S/c1-3-17-12(14)11-7-8-6-9(18(2,15)16)4-5-10(8)13-11/h4-7,13H,3H2,1-2H3. The first-order chi connectivity index (χ1) is 8.41. The molecule has 5 nitrogen and oxygen atoms in total. The Morgan fingerprint density at radius 1 is 1.33 bits per heavy atom. The van der Waals surface area contributed by atoms with Crippen LogP contribution in [0.5, 0.6) is 0 Å². The molecule has 0 unspecified atom stereocenters. The second kappa shape index (κ2) is 4.45. The van der Waals surface area contributed by atoms with Gasteiger partial charge in [-0.15, -0.1) is 0 Å². The zero-order chi connectivity index (χ0) is 13.3. The molecular formula is C12H13NO4S. The molecule has 2 rings (SSSR count). The third-order valence-electron chi connectivity index (χ3n) is 2.52. The van der Waals surface area contributed by atoms with Crippen LogP contribution in [0.15, 0.2) is 29.2 Å². The van der Waals surface area contributed by atoms with Gasteiger partial charge in [0, 0.05) is 17.2 Å². The Morgan fingerprint density at radius 2 is 2.06 bits per heavy atom. The van der Waals surface area contributed by atoms with Gasteiger partial charge in [0.2, 0.25) is 0 Å². The molecule has 18 heavy (non-hydrogen) atoms. The number of hydrogen-bond donors (Lipinski definition) is 1. The molecule has 6 heteroatoms. The van der Waals surface area contributed by atoms with Gasteiger partial charge in [-0.2, -0.15) is 0 Å². The summed E-state index contributed by atoms with van der Waals surface area (Å²) in [6.07, 6.45) is 1.15. The van der Waals surface area contributed by atoms with Crippen molar-refractivity contribution in [3.8, 4) is 0 Å². The molecule has 96 valence electrons. The number of ether oxygens (including phenoxy) is 1. The molecule has 0 aliphatic heterocycles. The van der Waals surface area contributed by atoms with Crippen LogP contribution < -0.4 is 0 Å². The number of carbonyl (C=O) groups excluding carboxylic acids is 1. The number of sulfone groups is 1. The third-order valence-corrected chi connectivity index (χ3v) is 3.63. The number of H-pyrrole nitrogens is 1. The summed E-state index contributed by atoms with van der Waals surface area (Å²) >= 11 is 0. The average Bonchev–Trinajstić information content (AvgIpc) is 2.70. The lowest BCUT2D eigenvalue weighted by molar-refractivity contribution is 0.0520. The number of hydrogen-bond acceptors (Lipinski definition) is 4. The predicted octanol–water partition coefficient (Wildman–Crippen LogP) is 1.75. The van der Waals surface area contributed by atoms with Gasteiger partial charge in [0.1, 0.15) is 5.69 Å². The highest BCUT2D eigenvalue weighted by molar-refractivity contribution is 7.90. The molecule has 0 bridgehead atoms. The maximum atomic E-state index is 11.5. The summed E-state index contributed by atoms with van der Waals surface area (Å²) in [4.78, 5) is 14.6. The van der Waals surface area contributed by atoms with Crippen LogP contribution in [0.3, 0.4) is 0 Å². The Hall–Kier alpha value is -1.82. The maximum Gasteiger partial charge on any atom is 0.354 e. The van der Waals surface area contributed by atoms with E-state index in [-0.39, 0.29) is 4.90 Å². The van der Waals surface area contributed by atoms with E-state index in [0.717, 1.165) is 6.26 Å². The molecule has 1 aromatic carbocycles. The summed E-state index contributed by atoms with van der Waals surface area (Å²) in [5.74, 6) is -0.449. The molecule has 0 radical (unpaired) electrons. The molecule has 0 amide bonds. The highest BCUT2D eigenvalue weighted by Crippen LogP contribution is 2.20. The SMILES string of the molecule is CCOC(=O)c1cc2cc(S(C)(=O)=O)ccc2[nH]1. The number of fused-ring (bicyclic) bond motifs is 1. The number of benzene rings is 1. The molecule has 0 spiro atoms. The topological polar surface area (TPSA) is 76.2 Å². The molecule has 1 N–H and O–H groups in total. The summed E-state index contributed by atoms with van der Waals surface area (Å²) < 4.78 is 27.7. The van der Waals surface area contributed by atoms with Gasteiger partial charge in [0.15, 0.2) is 9.84 Å². The average molecular weight is 267 g/mol. The molecule has 0 aliphatic rings. The lowest BCUT2D eigenvalue weighted by Gasteiger charge is -1.97. The molecular weight excluding hydrogens is 254 g/mol. The summed E-state index contributed by atoms with van der Waals surface area (Å²) in [6.45, 7) is 2.02. The Kier molecular flexibility index (Phi) is 3.13. The van der Waals surface area contributed by atoms with Crippen LogP contribution in [0.4, 0.5) is 0 Å². The van der Waals surface area contributed by atoms with Crippen molar-refractivity contribution in [2.24, 2.45) is 0 Å². The Balaban J connectivity index is 2.49. The van der Waals surface area contributed by atoms with Crippen molar-refractivity contribution in [3.63, 3.8) is 0 Å². The summed E-state index contributed by atoms with van der Waals surface area (Å²) in [5, 5.41) is 0.668. The number of nitrogens with one attached hydrogen (secondary N) is 1. The number of carbonyl (C=O) groups is 1. The zero-order valence-corrected chi connectivity index (χ0v) is 10.9. The maximum absolute atomic E-state index is 11.5. The number of aromatic nitrogens is 1. The van der Waals surface area contributed by atoms with Gasteiger partial charge in [0.05, 0.1) is 11.5 Å². The van der Waals surface area contributed by atoms with Crippen LogP contribution in [-0.4, -0.2) is 32.2 Å². The first-order valence-corrected chi connectivity index (χ1v) is 7.31. The fourth-order valence-corrected chi connectivity index (χ4v) is 2.32. The van der Waals surface area contributed by atoms with E-state index in [4.69, 9.17) is 4.74 Å². The monoisotopic (exact) mass is 267 g/mol. The summed E-state index contributed by atoms with van der Waals surface area (Å²) in [5.41, 5.74) is 1.02. The van der Waals surface area contributed by atoms with Crippen LogP contribution in [0, 0.1) is 0 Å². The Labute approximate surface area is 105 Å². The second-order valence-corrected chi connectivity index (χ2v) is 5.94. The largest absolute Gasteiger partial charge is 0.461 e. The minimum absolute atomic E-state index is 0.226. The summed E-state index contributed by atoms with van der Waals surface area (Å²) in [7, 11) is -3.25. The minimum atomic E-state index is -3.25. The van der Waals surface area contributed by atoms with Crippen LogP contribution in [0.2, 0.25) is 0 Å². The normalized spacial score (nSPS) is 11.7. The molecule has 1 heterocycles. The van der Waals surface area contributed by atoms with Crippen LogP contribution >= 0.6 is 0 Å². The van der Waals surface area contributed by atoms with Crippen molar-refractivity contribution in [1.29, 1.82) is 0 Å². The van der Waals surface area contributed by atoms with Gasteiger partial charge in [-0.05, 0) is 31.2 Å². The van der Waals surface area contributed by atoms with Crippen molar-refractivity contribution in [3.05, 3.63) is 30.0 Å². The molecule has 0 saturated carbocycles. The van der Waals surface area contributed by atoms with Crippen LogP contribution in [0.1, 0.15) is 17.4 Å². The van der Waals surface area contributed by atoms with E-state index >= 15 is 0 Å². The van der Waals surface area contributed by atoms with Gasteiger partial charge in [0.25, 0.3) is 0 Å². The molecule has 1 aromatic heterocycles. The van der Waals surface area contributed by atoms with E-state index in [9.17, 15) is 13.2 Å². The van der Waals surface area contributed by atoms with Crippen molar-refractivity contribution >= 4 is 26.7 Å². The van der Waals surface area contributed by atoms with Crippen LogP contribution in [0.25, 0.3) is 10.9 Å². The fourth-order valence-electron chi connectivity index (χ4n) is 1.66. The van der Waals surface area contributed by atoms with E-state index < -0.39 is 15.8 Å². The number of esters is 1. The molecule has 0 atom stereocenters. The first-order valence-electron chi connectivity index (χ1n) is 5.42. The number of aromatic amines is 1. The van der Waals surface area contributed by atoms with E-state index in [2.05, 4.69) is 4.98 Å². The highest BCUT2D eigenvalue weighted by atomic mass is 32.2.